The molecule has 0 bridgehead atoms. The Morgan fingerprint density at radius 2 is 1.96 bits per heavy atom. The third-order valence-electron chi connectivity index (χ3n) is 5.02. The first kappa shape index (κ1) is 19.9. The van der Waals surface area contributed by atoms with Gasteiger partial charge in [0.25, 0.3) is 0 Å². The zero-order valence-electron chi connectivity index (χ0n) is 15.7. The van der Waals surface area contributed by atoms with Crippen molar-refractivity contribution in [3.05, 3.63) is 42.2 Å². The van der Waals surface area contributed by atoms with Crippen molar-refractivity contribution in [2.75, 3.05) is 11.9 Å². The molecule has 1 aliphatic heterocycles. The van der Waals surface area contributed by atoms with Crippen LogP contribution in [-0.2, 0) is 0 Å². The largest absolute Gasteiger partial charge is 0.424 e. The minimum Gasteiger partial charge on any atom is -0.424 e. The topological polar surface area (TPSA) is 67.4 Å². The number of rotatable bonds is 3. The Morgan fingerprint density at radius 1 is 1.29 bits per heavy atom. The summed E-state index contributed by atoms with van der Waals surface area (Å²) in [6.45, 7) is 4.71. The summed E-state index contributed by atoms with van der Waals surface area (Å²) >= 11 is 0. The van der Waals surface area contributed by atoms with Gasteiger partial charge in [0.2, 0.25) is 0 Å². The summed E-state index contributed by atoms with van der Waals surface area (Å²) in [7, 11) is 0. The number of hydrogen-bond donors (Lipinski definition) is 1. The summed E-state index contributed by atoms with van der Waals surface area (Å²) in [5, 5.41) is 2.70. The number of aryl methyl sites for hydroxylation is 1. The monoisotopic (exact) mass is 394 g/mol. The van der Waals surface area contributed by atoms with Crippen LogP contribution < -0.4 is 10.1 Å². The average Bonchev–Trinajstić information content (AvgIpc) is 2.93. The first-order chi connectivity index (χ1) is 13.1. The van der Waals surface area contributed by atoms with Gasteiger partial charge in [-0.05, 0) is 57.0 Å². The SMILES string of the molecule is Cc1cc(Oc2ncccn2)ccc1NC(=O)N1CC[C@H](C(F)(F)F)C1(C)C. The number of carbonyl (C=O) groups is 1. The van der Waals surface area contributed by atoms with Crippen LogP contribution in [0.4, 0.5) is 23.7 Å². The average molecular weight is 394 g/mol. The molecule has 0 spiro atoms. The van der Waals surface area contributed by atoms with E-state index in [1.54, 1.807) is 43.6 Å². The van der Waals surface area contributed by atoms with Crippen LogP contribution >= 0.6 is 0 Å². The molecule has 1 aliphatic rings. The third kappa shape index (κ3) is 4.02. The number of halogens is 3. The number of nitrogens with one attached hydrogen (secondary N) is 1. The normalized spacial score (nSPS) is 18.8. The predicted molar refractivity (Wildman–Crippen MR) is 97.3 cm³/mol. The molecule has 0 unspecified atom stereocenters. The standard InChI is InChI=1S/C19H21F3N4O2/c1-12-11-13(28-16-23-8-4-9-24-16)5-6-14(12)25-17(27)26-10-7-15(18(26,2)3)19(20,21)22/h4-6,8-9,11,15H,7,10H2,1-3H3,(H,25,27)/t15-/m0/s1. The molecule has 150 valence electrons. The lowest BCUT2D eigenvalue weighted by atomic mass is 9.88. The lowest BCUT2D eigenvalue weighted by molar-refractivity contribution is -0.189. The number of carbonyl (C=O) groups excluding carboxylic acids is 1. The second kappa shape index (κ2) is 7.29. The van der Waals surface area contributed by atoms with Crippen molar-refractivity contribution in [1.82, 2.24) is 14.9 Å². The maximum absolute atomic E-state index is 13.2. The molecular formula is C19H21F3N4O2. The van der Waals surface area contributed by atoms with Crippen LogP contribution in [0.25, 0.3) is 0 Å². The molecule has 2 heterocycles. The Kier molecular flexibility index (Phi) is 5.18. The van der Waals surface area contributed by atoms with Crippen molar-refractivity contribution < 1.29 is 22.7 Å². The summed E-state index contributed by atoms with van der Waals surface area (Å²) in [6.07, 6.45) is -1.34. The number of ether oxygens (including phenoxy) is 1. The smallest absolute Gasteiger partial charge is 0.394 e. The summed E-state index contributed by atoms with van der Waals surface area (Å²) in [5.74, 6) is -1.06. The maximum Gasteiger partial charge on any atom is 0.394 e. The molecule has 1 aromatic carbocycles. The van der Waals surface area contributed by atoms with Crippen molar-refractivity contribution in [3.63, 3.8) is 0 Å². The van der Waals surface area contributed by atoms with Crippen LogP contribution in [0.15, 0.2) is 36.7 Å². The first-order valence-electron chi connectivity index (χ1n) is 8.80. The Balaban J connectivity index is 1.71. The zero-order chi connectivity index (χ0) is 20.5. The predicted octanol–water partition coefficient (Wildman–Crippen LogP) is 4.77. The van der Waals surface area contributed by atoms with Gasteiger partial charge < -0.3 is 15.0 Å². The molecule has 1 fully saturated rings. The number of anilines is 1. The highest BCUT2D eigenvalue weighted by Gasteiger charge is 2.56. The van der Waals surface area contributed by atoms with Gasteiger partial charge in [-0.15, -0.1) is 0 Å². The Bertz CT molecular complexity index is 856. The van der Waals surface area contributed by atoms with E-state index in [0.717, 1.165) is 0 Å². The molecule has 6 nitrogen and oxygen atoms in total. The van der Waals surface area contributed by atoms with Crippen molar-refractivity contribution in [3.8, 4) is 11.8 Å². The van der Waals surface area contributed by atoms with E-state index in [1.165, 1.54) is 18.7 Å². The third-order valence-corrected chi connectivity index (χ3v) is 5.02. The van der Waals surface area contributed by atoms with Gasteiger partial charge in [-0.2, -0.15) is 13.2 Å². The fraction of sp³-hybridized carbons (Fsp3) is 0.421. The quantitative estimate of drug-likeness (QED) is 0.814. The molecular weight excluding hydrogens is 373 g/mol. The molecule has 2 amide bonds. The zero-order valence-corrected chi connectivity index (χ0v) is 15.7. The number of alkyl halides is 3. The summed E-state index contributed by atoms with van der Waals surface area (Å²) in [5.41, 5.74) is -0.118. The lowest BCUT2D eigenvalue weighted by Gasteiger charge is -2.36. The molecule has 9 heteroatoms. The van der Waals surface area contributed by atoms with Gasteiger partial charge >= 0.3 is 18.2 Å². The minimum atomic E-state index is -4.34. The van der Waals surface area contributed by atoms with E-state index < -0.39 is 23.7 Å². The van der Waals surface area contributed by atoms with E-state index in [2.05, 4.69) is 15.3 Å². The molecule has 0 aliphatic carbocycles. The lowest BCUT2D eigenvalue weighted by Crippen LogP contribution is -2.51. The Labute approximate surface area is 160 Å². The summed E-state index contributed by atoms with van der Waals surface area (Å²) < 4.78 is 45.2. The van der Waals surface area contributed by atoms with Crippen molar-refractivity contribution in [2.24, 2.45) is 5.92 Å². The Hall–Kier alpha value is -2.84. The van der Waals surface area contributed by atoms with E-state index >= 15 is 0 Å². The van der Waals surface area contributed by atoms with E-state index in [1.807, 2.05) is 0 Å². The summed E-state index contributed by atoms with van der Waals surface area (Å²) in [4.78, 5) is 21.8. The van der Waals surface area contributed by atoms with Gasteiger partial charge in [-0.1, -0.05) is 0 Å². The highest BCUT2D eigenvalue weighted by Crippen LogP contribution is 2.44. The fourth-order valence-corrected chi connectivity index (χ4v) is 3.48. The number of amides is 2. The highest BCUT2D eigenvalue weighted by molar-refractivity contribution is 5.91. The van der Waals surface area contributed by atoms with Crippen LogP contribution in [0.3, 0.4) is 0 Å². The fourth-order valence-electron chi connectivity index (χ4n) is 3.48. The highest BCUT2D eigenvalue weighted by atomic mass is 19.4. The van der Waals surface area contributed by atoms with Gasteiger partial charge in [-0.3, -0.25) is 0 Å². The van der Waals surface area contributed by atoms with E-state index in [-0.39, 0.29) is 19.0 Å². The molecule has 1 aromatic heterocycles. The van der Waals surface area contributed by atoms with Gasteiger partial charge in [0.1, 0.15) is 5.75 Å². The number of urea groups is 1. The maximum atomic E-state index is 13.2. The first-order valence-corrected chi connectivity index (χ1v) is 8.80. The van der Waals surface area contributed by atoms with Crippen LogP contribution in [0.5, 0.6) is 11.8 Å². The molecule has 3 rings (SSSR count). The van der Waals surface area contributed by atoms with Crippen molar-refractivity contribution in [2.45, 2.75) is 38.9 Å². The van der Waals surface area contributed by atoms with Gasteiger partial charge in [0.15, 0.2) is 0 Å². The minimum absolute atomic E-state index is 0.0502. The Morgan fingerprint density at radius 3 is 2.54 bits per heavy atom. The van der Waals surface area contributed by atoms with Crippen LogP contribution in [0.2, 0.25) is 0 Å². The van der Waals surface area contributed by atoms with Crippen molar-refractivity contribution >= 4 is 11.7 Å². The van der Waals surface area contributed by atoms with Gasteiger partial charge in [0, 0.05) is 24.6 Å². The van der Waals surface area contributed by atoms with Crippen LogP contribution in [0.1, 0.15) is 25.8 Å². The van der Waals surface area contributed by atoms with Crippen LogP contribution in [0, 0.1) is 12.8 Å². The molecule has 1 atom stereocenters. The molecule has 0 radical (unpaired) electrons. The van der Waals surface area contributed by atoms with Gasteiger partial charge in [0.05, 0.1) is 11.5 Å². The van der Waals surface area contributed by atoms with Crippen LogP contribution in [-0.4, -0.2) is 39.2 Å². The second-order valence-electron chi connectivity index (χ2n) is 7.23. The molecule has 28 heavy (non-hydrogen) atoms. The molecule has 0 saturated carbocycles. The molecule has 1 N–H and O–H groups in total. The van der Waals surface area contributed by atoms with E-state index in [4.69, 9.17) is 4.74 Å². The number of hydrogen-bond acceptors (Lipinski definition) is 4. The molecule has 2 aromatic rings. The number of likely N-dealkylation sites (tertiary alicyclic amines) is 1. The second-order valence-corrected chi connectivity index (χ2v) is 7.23. The van der Waals surface area contributed by atoms with Crippen molar-refractivity contribution in [1.29, 1.82) is 0 Å². The number of nitrogens with zero attached hydrogens (tertiary/aromatic N) is 3. The molecule has 1 saturated heterocycles. The van der Waals surface area contributed by atoms with E-state index in [9.17, 15) is 18.0 Å². The van der Waals surface area contributed by atoms with E-state index in [0.29, 0.717) is 17.0 Å². The summed E-state index contributed by atoms with van der Waals surface area (Å²) in [6, 6.07) is 6.26. The number of aromatic nitrogens is 2. The van der Waals surface area contributed by atoms with Gasteiger partial charge in [-0.25, -0.2) is 14.8 Å². The number of benzene rings is 1.